The van der Waals surface area contributed by atoms with E-state index in [2.05, 4.69) is 486 Å². The number of anilines is 12. The average Bonchev–Trinajstić information content (AvgIpc) is 1.19. The van der Waals surface area contributed by atoms with Gasteiger partial charge < -0.3 is 37.3 Å². The lowest BCUT2D eigenvalue weighted by molar-refractivity contribution is 0.669. The Morgan fingerprint density at radius 3 is 0.669 bits per heavy atom. The van der Waals surface area contributed by atoms with Crippen molar-refractivity contribution < 1.29 is 17.7 Å². The van der Waals surface area contributed by atoms with E-state index in [1.165, 1.54) is 98.0 Å². The van der Waals surface area contributed by atoms with Gasteiger partial charge in [-0.3, -0.25) is 0 Å². The van der Waals surface area contributed by atoms with E-state index in [9.17, 15) is 0 Å². The van der Waals surface area contributed by atoms with Crippen LogP contribution in [0.2, 0.25) is 0 Å². The van der Waals surface area contributed by atoms with Crippen molar-refractivity contribution in [1.29, 1.82) is 0 Å². The lowest BCUT2D eigenvalue weighted by Gasteiger charge is -2.30. The van der Waals surface area contributed by atoms with Crippen LogP contribution in [0.5, 0.6) is 0 Å². The van der Waals surface area contributed by atoms with Crippen molar-refractivity contribution in [2.24, 2.45) is 0 Å². The molecule has 0 radical (unpaired) electrons. The minimum Gasteiger partial charge on any atom is -0.455 e. The molecule has 0 N–H and O–H groups in total. The van der Waals surface area contributed by atoms with Gasteiger partial charge in [0.15, 0.2) is 0 Å². The highest BCUT2D eigenvalue weighted by Gasteiger charge is 2.30. The summed E-state index contributed by atoms with van der Waals surface area (Å²) in [5.74, 6) is 0. The van der Waals surface area contributed by atoms with Crippen LogP contribution in [0.4, 0.5) is 68.2 Å². The standard InChI is InChI=1S/C68H48N2O2.C66H44N2O2/c1-41-33-42(2)36-51(35-41)69(49-15-9-13-47(39-49)53-19-11-21-57-55-17-5-7-23-63(55)71-67(53)57)61-31-27-45-26-30-60-62(32-28-46-25-29-59(61)65(45)66(46)60)70(52-37-43(3)34-44(4)38-52)50-16-10-14-48(40-50)54-20-12-22-58-56-18-6-8-24-64(56)72-68(54)58;1-41-15-3-7-27-57(41)67(47-19-11-17-45(39-47)49-23-13-25-53-51-21-5-9-29-61(51)69-65(49)53)59-37-33-43-32-36-56-60(38-34-44-31-35-55(59)63(43)64(44)56)68(58-28-8-4-16-42(58)2)48-20-12-18-46(40-48)50-24-14-26-54-52-22-6-10-30-62(52)70-66(50)54/h5-40H,1-4H3;3-40H,1-2H3. The lowest BCUT2D eigenvalue weighted by Crippen LogP contribution is -2.13. The number of rotatable bonds is 16. The monoisotopic (exact) mass is 1820 g/mol. The van der Waals surface area contributed by atoms with E-state index in [0.29, 0.717) is 0 Å². The topological polar surface area (TPSA) is 65.5 Å². The number of para-hydroxylation sites is 10. The number of aryl methyl sites for hydroxylation is 6. The minimum absolute atomic E-state index is 0.895. The second-order valence-corrected chi connectivity index (χ2v) is 38.1. The van der Waals surface area contributed by atoms with Gasteiger partial charge in [-0.2, -0.15) is 0 Å². The predicted molar refractivity (Wildman–Crippen MR) is 598 cm³/mol. The zero-order chi connectivity index (χ0) is 94.6. The van der Waals surface area contributed by atoms with Gasteiger partial charge in [0.2, 0.25) is 0 Å². The fraction of sp³-hybridized carbons (Fsp3) is 0.0448. The van der Waals surface area contributed by atoms with Gasteiger partial charge >= 0.3 is 0 Å². The summed E-state index contributed by atoms with van der Waals surface area (Å²) in [6.07, 6.45) is 0. The van der Waals surface area contributed by atoms with Gasteiger partial charge in [-0.15, -0.1) is 0 Å². The molecule has 0 unspecified atom stereocenters. The maximum absolute atomic E-state index is 6.59. The van der Waals surface area contributed by atoms with Gasteiger partial charge in [0, 0.05) is 132 Å². The molecule has 672 valence electrons. The number of nitrogens with zero attached hydrogens (tertiary/aromatic N) is 4. The summed E-state index contributed by atoms with van der Waals surface area (Å²) in [4.78, 5) is 9.78. The number of fused-ring (bicyclic) bond motifs is 12. The number of benzene rings is 24. The number of hydrogen-bond acceptors (Lipinski definition) is 8. The third-order valence-electron chi connectivity index (χ3n) is 29.1. The zero-order valence-corrected chi connectivity index (χ0v) is 79.1. The van der Waals surface area contributed by atoms with Crippen molar-refractivity contribution >= 4 is 221 Å². The maximum atomic E-state index is 6.59. The summed E-state index contributed by atoms with van der Waals surface area (Å²) < 4.78 is 26.3. The third-order valence-corrected chi connectivity index (χ3v) is 29.1. The molecule has 0 aliphatic heterocycles. The second kappa shape index (κ2) is 33.3. The van der Waals surface area contributed by atoms with Crippen LogP contribution < -0.4 is 19.6 Å². The maximum Gasteiger partial charge on any atom is 0.143 e. The Bertz CT molecular complexity index is 9370. The van der Waals surface area contributed by atoms with Crippen LogP contribution in [0.15, 0.2) is 467 Å². The minimum atomic E-state index is 0.895. The Balaban J connectivity index is 0.000000142. The summed E-state index contributed by atoms with van der Waals surface area (Å²) in [6, 6.07) is 163. The summed E-state index contributed by atoms with van der Waals surface area (Å²) in [5.41, 5.74) is 36.3. The SMILES string of the molecule is Cc1cc(C)cc(N(c2cccc(-c3cccc4c3oc3ccccc34)c2)c2ccc3ccc4c(N(c5cc(C)cc(C)c5)c5cccc(-c6cccc7c6oc6ccccc67)c5)ccc5ccc2c3c54)c1.Cc1ccccc1N(c1cccc(-c2cccc3c2oc2ccccc23)c1)c1ccc2ccc3c(N(c4cccc(-c5cccc6c5oc5ccccc56)c4)c4ccccc4C)ccc4ccc1c2c43. The molecular formula is C134H92N4O4. The van der Waals surface area contributed by atoms with Gasteiger partial charge in [0.05, 0.1) is 22.7 Å². The lowest BCUT2D eigenvalue weighted by atomic mass is 9.91. The van der Waals surface area contributed by atoms with E-state index < -0.39 is 0 Å². The molecule has 0 aliphatic rings. The Labute approximate surface area is 820 Å². The molecule has 0 saturated heterocycles. The van der Waals surface area contributed by atoms with Crippen molar-refractivity contribution in [1.82, 2.24) is 0 Å². The molecule has 142 heavy (non-hydrogen) atoms. The van der Waals surface area contributed by atoms with E-state index in [4.69, 9.17) is 17.7 Å². The van der Waals surface area contributed by atoms with Gasteiger partial charge in [-0.05, 0) is 274 Å². The van der Waals surface area contributed by atoms with Crippen molar-refractivity contribution in [2.45, 2.75) is 41.5 Å². The first-order valence-electron chi connectivity index (χ1n) is 48.8. The largest absolute Gasteiger partial charge is 0.455 e. The first kappa shape index (κ1) is 83.2. The van der Waals surface area contributed by atoms with Gasteiger partial charge in [-0.1, -0.05) is 315 Å². The summed E-state index contributed by atoms with van der Waals surface area (Å²) in [5, 5.41) is 23.5. The molecule has 0 saturated carbocycles. The molecule has 0 bridgehead atoms. The average molecular weight is 1820 g/mol. The molecule has 8 nitrogen and oxygen atoms in total. The molecule has 4 heterocycles. The van der Waals surface area contributed by atoms with E-state index in [-0.39, 0.29) is 0 Å². The van der Waals surface area contributed by atoms with Crippen LogP contribution in [0.1, 0.15) is 33.4 Å². The Morgan fingerprint density at radius 1 is 0.155 bits per heavy atom. The molecular weight excluding hydrogens is 1730 g/mol. The van der Waals surface area contributed by atoms with E-state index >= 15 is 0 Å². The predicted octanol–water partition coefficient (Wildman–Crippen LogP) is 39.2. The van der Waals surface area contributed by atoms with Crippen molar-refractivity contribution in [2.75, 3.05) is 19.6 Å². The van der Waals surface area contributed by atoms with Crippen molar-refractivity contribution in [3.63, 3.8) is 0 Å². The highest BCUT2D eigenvalue weighted by Crippen LogP contribution is 2.55. The zero-order valence-electron chi connectivity index (χ0n) is 79.1. The summed E-state index contributed by atoms with van der Waals surface area (Å²) in [7, 11) is 0. The molecule has 8 heteroatoms. The van der Waals surface area contributed by atoms with Crippen molar-refractivity contribution in [3.05, 3.63) is 482 Å². The smallest absolute Gasteiger partial charge is 0.143 e. The van der Waals surface area contributed by atoms with Crippen LogP contribution in [0, 0.1) is 41.5 Å². The molecule has 0 atom stereocenters. The first-order chi connectivity index (χ1) is 69.9. The Hall–Kier alpha value is -18.2. The molecule has 0 amide bonds. The summed E-state index contributed by atoms with van der Waals surface area (Å²) >= 11 is 0. The first-order valence-corrected chi connectivity index (χ1v) is 48.8. The van der Waals surface area contributed by atoms with Crippen LogP contribution in [0.25, 0.3) is 197 Å². The fourth-order valence-electron chi connectivity index (χ4n) is 22.9. The second-order valence-electron chi connectivity index (χ2n) is 38.1. The van der Waals surface area contributed by atoms with Crippen LogP contribution in [-0.2, 0) is 0 Å². The van der Waals surface area contributed by atoms with E-state index in [1.807, 2.05) is 24.3 Å². The third kappa shape index (κ3) is 13.7. The quantitative estimate of drug-likeness (QED) is 0.0887. The van der Waals surface area contributed by atoms with Crippen LogP contribution in [-0.4, -0.2) is 0 Å². The Kier molecular flexibility index (Phi) is 19.5. The van der Waals surface area contributed by atoms with Gasteiger partial charge in [-0.25, -0.2) is 0 Å². The van der Waals surface area contributed by atoms with Crippen LogP contribution in [0.3, 0.4) is 0 Å². The fourth-order valence-corrected chi connectivity index (χ4v) is 22.9. The van der Waals surface area contributed by atoms with Crippen molar-refractivity contribution in [3.8, 4) is 44.5 Å². The normalized spacial score (nSPS) is 11.9. The van der Waals surface area contributed by atoms with E-state index in [1.54, 1.807) is 0 Å². The number of hydrogen-bond donors (Lipinski definition) is 0. The molecule has 0 spiro atoms. The highest BCUT2D eigenvalue weighted by atomic mass is 16.3. The molecule has 4 aromatic heterocycles. The summed E-state index contributed by atoms with van der Waals surface area (Å²) in [6.45, 7) is 13.2. The molecule has 0 fully saturated rings. The van der Waals surface area contributed by atoms with Crippen LogP contribution >= 0.6 is 0 Å². The molecule has 28 rings (SSSR count). The van der Waals surface area contributed by atoms with Gasteiger partial charge in [0.1, 0.15) is 44.7 Å². The van der Waals surface area contributed by atoms with Gasteiger partial charge in [0.25, 0.3) is 0 Å². The van der Waals surface area contributed by atoms with E-state index in [0.717, 1.165) is 201 Å². The molecule has 28 aromatic rings. The Morgan fingerprint density at radius 2 is 0.387 bits per heavy atom. The molecule has 24 aromatic carbocycles. The number of furan rings is 4. The highest BCUT2D eigenvalue weighted by molar-refractivity contribution is 6.31. The molecule has 0 aliphatic carbocycles.